The highest BCUT2D eigenvalue weighted by atomic mass is 16.6. The van der Waals surface area contributed by atoms with Crippen LogP contribution in [0, 0.1) is 34.6 Å². The molecule has 0 heterocycles. The van der Waals surface area contributed by atoms with Crippen LogP contribution in [0.25, 0.3) is 0 Å². The lowest BCUT2D eigenvalue weighted by molar-refractivity contribution is -0.154. The summed E-state index contributed by atoms with van der Waals surface area (Å²) in [5.74, 6) is -0.131. The number of hydrogen-bond acceptors (Lipinski definition) is 4. The number of benzene rings is 4. The van der Waals surface area contributed by atoms with Crippen molar-refractivity contribution in [1.29, 1.82) is 0 Å². The Labute approximate surface area is 285 Å². The van der Waals surface area contributed by atoms with Gasteiger partial charge in [-0.25, -0.2) is 0 Å². The van der Waals surface area contributed by atoms with E-state index in [1.165, 1.54) is 38.9 Å². The van der Waals surface area contributed by atoms with Crippen molar-refractivity contribution in [3.05, 3.63) is 142 Å². The lowest BCUT2D eigenvalue weighted by Gasteiger charge is -2.22. The fraction of sp³-hybridized carbons (Fsp3) is 0.419. The number of rotatable bonds is 6. The quantitative estimate of drug-likeness (QED) is 0.206. The highest BCUT2D eigenvalue weighted by molar-refractivity contribution is 5.70. The van der Waals surface area contributed by atoms with Crippen molar-refractivity contribution >= 4 is 5.97 Å². The second-order valence-electron chi connectivity index (χ2n) is 14.5. The molecule has 4 nitrogen and oxygen atoms in total. The summed E-state index contributed by atoms with van der Waals surface area (Å²) in [6, 6.07) is 32.8. The minimum absolute atomic E-state index is 0.117. The molecule has 0 saturated heterocycles. The lowest BCUT2D eigenvalue weighted by Crippen LogP contribution is -2.23. The largest absolute Gasteiger partial charge is 0.460 e. The maximum absolute atomic E-state index is 11.5. The maximum atomic E-state index is 11.5. The van der Waals surface area contributed by atoms with Crippen molar-refractivity contribution in [2.24, 2.45) is 0 Å². The fourth-order valence-electron chi connectivity index (χ4n) is 4.11. The number of aryl methyl sites for hydroxylation is 6. The van der Waals surface area contributed by atoms with Gasteiger partial charge in [0.05, 0.1) is 12.2 Å². The Bertz CT molecular complexity index is 1430. The van der Waals surface area contributed by atoms with E-state index in [-0.39, 0.29) is 23.6 Å². The monoisotopic (exact) mass is 640 g/mol. The van der Waals surface area contributed by atoms with Crippen molar-refractivity contribution in [3.63, 3.8) is 0 Å². The second-order valence-corrected chi connectivity index (χ2v) is 14.5. The van der Waals surface area contributed by atoms with Crippen LogP contribution in [0.1, 0.15) is 99.4 Å². The van der Waals surface area contributed by atoms with Gasteiger partial charge in [-0.05, 0) is 103 Å². The van der Waals surface area contributed by atoms with Crippen LogP contribution in [0.5, 0.6) is 0 Å². The number of carbonyl (C=O) groups excluding carboxylic acids is 1. The van der Waals surface area contributed by atoms with Crippen molar-refractivity contribution in [2.45, 2.75) is 113 Å². The predicted octanol–water partition coefficient (Wildman–Crippen LogP) is 10.1. The average molecular weight is 641 g/mol. The highest BCUT2D eigenvalue weighted by Crippen LogP contribution is 2.22. The summed E-state index contributed by atoms with van der Waals surface area (Å²) in [5, 5.41) is 18.7. The van der Waals surface area contributed by atoms with E-state index < -0.39 is 5.60 Å². The molecular formula is C43H60O4. The molecule has 4 aromatic carbocycles. The third-order valence-electron chi connectivity index (χ3n) is 7.57. The molecule has 256 valence electrons. The third kappa shape index (κ3) is 17.7. The molecular weight excluding hydrogens is 580 g/mol. The van der Waals surface area contributed by atoms with Gasteiger partial charge in [0.15, 0.2) is 0 Å². The zero-order chi connectivity index (χ0) is 35.8. The van der Waals surface area contributed by atoms with Crippen LogP contribution in [-0.4, -0.2) is 28.4 Å². The van der Waals surface area contributed by atoms with Gasteiger partial charge in [-0.15, -0.1) is 0 Å². The van der Waals surface area contributed by atoms with Crippen LogP contribution in [0.4, 0.5) is 0 Å². The van der Waals surface area contributed by atoms with Gasteiger partial charge in [-0.2, -0.15) is 0 Å². The van der Waals surface area contributed by atoms with Gasteiger partial charge in [-0.1, -0.05) is 128 Å². The number of hydrogen-bond donors (Lipinski definition) is 2. The van der Waals surface area contributed by atoms with E-state index in [1.807, 2.05) is 65.8 Å². The molecule has 4 heteroatoms. The Balaban J connectivity index is 0.000000322. The molecule has 0 aliphatic rings. The Kier molecular flexibility index (Phi) is 16.8. The number of carbonyl (C=O) groups is 1. The first-order chi connectivity index (χ1) is 21.7. The smallest absolute Gasteiger partial charge is 0.306 e. The van der Waals surface area contributed by atoms with Crippen LogP contribution < -0.4 is 0 Å². The van der Waals surface area contributed by atoms with Crippen LogP contribution in [-0.2, 0) is 27.0 Å². The molecule has 0 bridgehead atoms. The SMILES string of the molecule is Cc1ccc(C(C)(C)CO)cc1.Cc1ccc(C(C)(C)O)cc1.Cc1ccc(CCC(=O)OC(C)(C)C)cc1.Cc1ccccc1C. The number of ether oxygens (including phenoxy) is 1. The average Bonchev–Trinajstić information content (AvgIpc) is 2.98. The number of esters is 1. The van der Waals surface area contributed by atoms with Crippen molar-refractivity contribution in [2.75, 3.05) is 6.61 Å². The van der Waals surface area contributed by atoms with E-state index >= 15 is 0 Å². The third-order valence-corrected chi connectivity index (χ3v) is 7.57. The summed E-state index contributed by atoms with van der Waals surface area (Å²) in [5.41, 5.74) is 8.56. The van der Waals surface area contributed by atoms with Gasteiger partial charge in [0.1, 0.15) is 5.60 Å². The molecule has 0 saturated carbocycles. The molecule has 2 N–H and O–H groups in total. The summed E-state index contributed by atoms with van der Waals surface area (Å²) in [4.78, 5) is 11.5. The molecule has 0 unspecified atom stereocenters. The van der Waals surface area contributed by atoms with E-state index in [4.69, 9.17) is 9.84 Å². The van der Waals surface area contributed by atoms with Gasteiger partial charge in [0, 0.05) is 11.8 Å². The molecule has 4 aromatic rings. The topological polar surface area (TPSA) is 66.8 Å². The molecule has 0 aliphatic heterocycles. The van der Waals surface area contributed by atoms with E-state index in [0.717, 1.165) is 12.0 Å². The van der Waals surface area contributed by atoms with Gasteiger partial charge in [-0.3, -0.25) is 4.79 Å². The Morgan fingerprint density at radius 3 is 1.32 bits per heavy atom. The van der Waals surface area contributed by atoms with E-state index in [9.17, 15) is 9.90 Å². The molecule has 0 aliphatic carbocycles. The minimum atomic E-state index is -0.715. The summed E-state index contributed by atoms with van der Waals surface area (Å²) >= 11 is 0. The molecule has 0 amide bonds. The molecule has 0 spiro atoms. The molecule has 0 aromatic heterocycles. The number of aliphatic hydroxyl groups is 2. The maximum Gasteiger partial charge on any atom is 0.306 e. The second kappa shape index (κ2) is 19.2. The Hall–Kier alpha value is -3.73. The van der Waals surface area contributed by atoms with Crippen molar-refractivity contribution < 1.29 is 19.7 Å². The molecule has 0 radical (unpaired) electrons. The normalized spacial score (nSPS) is 11.1. The molecule has 0 atom stereocenters. The Morgan fingerprint density at radius 2 is 0.979 bits per heavy atom. The van der Waals surface area contributed by atoms with Gasteiger partial charge in [0.2, 0.25) is 0 Å². The van der Waals surface area contributed by atoms with Crippen LogP contribution in [0.15, 0.2) is 97.1 Å². The molecule has 4 rings (SSSR count). The molecule has 47 heavy (non-hydrogen) atoms. The lowest BCUT2D eigenvalue weighted by atomic mass is 9.85. The highest BCUT2D eigenvalue weighted by Gasteiger charge is 2.18. The first-order valence-electron chi connectivity index (χ1n) is 16.5. The minimum Gasteiger partial charge on any atom is -0.460 e. The van der Waals surface area contributed by atoms with E-state index in [1.54, 1.807) is 13.8 Å². The summed E-state index contributed by atoms with van der Waals surface area (Å²) in [6.45, 7) is 23.9. The van der Waals surface area contributed by atoms with Gasteiger partial charge >= 0.3 is 5.97 Å². The Morgan fingerprint density at radius 1 is 0.596 bits per heavy atom. The molecule has 0 fully saturated rings. The van der Waals surface area contributed by atoms with Gasteiger partial charge in [0.25, 0.3) is 0 Å². The first kappa shape index (κ1) is 41.3. The standard InChI is InChI=1S/C14H20O2.C11H16O.C10H14O.C8H10/c1-11-5-7-12(8-6-11)9-10-13(15)16-14(2,3)4;1-9-4-6-10(7-5-9)11(2,3)8-12;1-8-4-6-9(7-5-8)10(2,3)11;1-7-5-3-4-6-8(7)2/h5-8H,9-10H2,1-4H3;4-7,12H,8H2,1-3H3;4-7,11H,1-3H3;3-6H,1-2H3. The summed E-state index contributed by atoms with van der Waals surface area (Å²) < 4.78 is 5.24. The summed E-state index contributed by atoms with van der Waals surface area (Å²) in [7, 11) is 0. The number of aliphatic hydroxyl groups excluding tert-OH is 1. The van der Waals surface area contributed by atoms with Crippen LogP contribution >= 0.6 is 0 Å². The first-order valence-corrected chi connectivity index (χ1v) is 16.5. The van der Waals surface area contributed by atoms with Crippen molar-refractivity contribution in [3.8, 4) is 0 Å². The zero-order valence-electron chi connectivity index (χ0n) is 31.1. The van der Waals surface area contributed by atoms with E-state index in [0.29, 0.717) is 6.42 Å². The van der Waals surface area contributed by atoms with E-state index in [2.05, 4.69) is 100 Å². The summed E-state index contributed by atoms with van der Waals surface area (Å²) in [6.07, 6.45) is 1.19. The van der Waals surface area contributed by atoms with Crippen LogP contribution in [0.3, 0.4) is 0 Å². The van der Waals surface area contributed by atoms with Gasteiger partial charge < -0.3 is 14.9 Å². The zero-order valence-corrected chi connectivity index (χ0v) is 31.1. The van der Waals surface area contributed by atoms with Crippen molar-refractivity contribution in [1.82, 2.24) is 0 Å². The fourth-order valence-corrected chi connectivity index (χ4v) is 4.11. The van der Waals surface area contributed by atoms with Crippen LogP contribution in [0.2, 0.25) is 0 Å². The predicted molar refractivity (Wildman–Crippen MR) is 199 cm³/mol.